The van der Waals surface area contributed by atoms with Crippen molar-refractivity contribution in [1.82, 2.24) is 15.0 Å². The molecule has 0 saturated heterocycles. The predicted molar refractivity (Wildman–Crippen MR) is 74.0 cm³/mol. The number of rotatable bonds is 3. The highest BCUT2D eigenvalue weighted by atomic mass is 32.1. The highest BCUT2D eigenvalue weighted by molar-refractivity contribution is 7.18. The first-order chi connectivity index (χ1) is 8.85. The molecule has 2 aromatic heterocycles. The number of nitrogens with one attached hydrogen (secondary N) is 1. The van der Waals surface area contributed by atoms with Gasteiger partial charge in [-0.05, 0) is 12.1 Å². The van der Waals surface area contributed by atoms with Gasteiger partial charge in [-0.1, -0.05) is 12.1 Å². The van der Waals surface area contributed by atoms with Crippen LogP contribution in [0, 0.1) is 0 Å². The largest absolute Gasteiger partial charge is 0.372 e. The zero-order valence-electron chi connectivity index (χ0n) is 9.92. The van der Waals surface area contributed by atoms with E-state index in [2.05, 4.69) is 26.3 Å². The summed E-state index contributed by atoms with van der Waals surface area (Å²) < 4.78 is 1.21. The molecule has 2 heterocycles. The Morgan fingerprint density at radius 2 is 2.06 bits per heavy atom. The molecule has 0 atom stereocenters. The Bertz CT molecular complexity index is 644. The van der Waals surface area contributed by atoms with Gasteiger partial charge < -0.3 is 5.32 Å². The molecule has 0 fully saturated rings. The van der Waals surface area contributed by atoms with Gasteiger partial charge in [-0.25, -0.2) is 9.97 Å². The van der Waals surface area contributed by atoms with Gasteiger partial charge in [0.05, 0.1) is 27.1 Å². The number of fused-ring (bicyclic) bond motifs is 1. The van der Waals surface area contributed by atoms with Crippen molar-refractivity contribution in [2.24, 2.45) is 0 Å². The SMILES string of the molecule is CNc1cncc(Cc2nc3ccccc3s2)n1. The predicted octanol–water partition coefficient (Wildman–Crippen LogP) is 2.72. The van der Waals surface area contributed by atoms with Gasteiger partial charge in [-0.2, -0.15) is 0 Å². The maximum absolute atomic E-state index is 4.59. The van der Waals surface area contributed by atoms with E-state index in [-0.39, 0.29) is 0 Å². The molecule has 3 aromatic rings. The summed E-state index contributed by atoms with van der Waals surface area (Å²) in [4.78, 5) is 13.2. The molecule has 4 nitrogen and oxygen atoms in total. The lowest BCUT2D eigenvalue weighted by Crippen LogP contribution is -1.98. The molecule has 90 valence electrons. The Morgan fingerprint density at radius 3 is 2.89 bits per heavy atom. The summed E-state index contributed by atoms with van der Waals surface area (Å²) in [5.74, 6) is 0.786. The summed E-state index contributed by atoms with van der Waals surface area (Å²) in [5.41, 5.74) is 1.98. The molecule has 3 rings (SSSR count). The number of para-hydroxylation sites is 1. The molecule has 0 amide bonds. The van der Waals surface area contributed by atoms with Crippen molar-refractivity contribution in [3.05, 3.63) is 47.4 Å². The Morgan fingerprint density at radius 1 is 1.17 bits per heavy atom. The zero-order valence-corrected chi connectivity index (χ0v) is 10.7. The smallest absolute Gasteiger partial charge is 0.144 e. The summed E-state index contributed by atoms with van der Waals surface area (Å²) in [7, 11) is 1.84. The normalized spacial score (nSPS) is 10.7. The number of nitrogens with zero attached hydrogens (tertiary/aromatic N) is 3. The van der Waals surface area contributed by atoms with E-state index in [0.717, 1.165) is 28.5 Å². The number of hydrogen-bond donors (Lipinski definition) is 1. The van der Waals surface area contributed by atoms with Crippen molar-refractivity contribution in [3.63, 3.8) is 0 Å². The summed E-state index contributed by atoms with van der Waals surface area (Å²) in [6.45, 7) is 0. The van der Waals surface area contributed by atoms with E-state index in [4.69, 9.17) is 0 Å². The average Bonchev–Trinajstić information content (AvgIpc) is 2.81. The third-order valence-corrected chi connectivity index (χ3v) is 3.65. The second-order valence-electron chi connectivity index (χ2n) is 3.90. The van der Waals surface area contributed by atoms with E-state index in [0.29, 0.717) is 0 Å². The number of hydrogen-bond acceptors (Lipinski definition) is 5. The minimum atomic E-state index is 0.724. The first-order valence-corrected chi connectivity index (χ1v) is 6.50. The molecule has 0 aliphatic rings. The quantitative estimate of drug-likeness (QED) is 0.783. The van der Waals surface area contributed by atoms with Crippen LogP contribution in [0.15, 0.2) is 36.7 Å². The highest BCUT2D eigenvalue weighted by Gasteiger charge is 2.05. The van der Waals surface area contributed by atoms with Crippen LogP contribution in [-0.2, 0) is 6.42 Å². The van der Waals surface area contributed by atoms with Gasteiger partial charge in [0.1, 0.15) is 5.82 Å². The Balaban J connectivity index is 1.91. The Hall–Kier alpha value is -2.01. The van der Waals surface area contributed by atoms with Gasteiger partial charge in [0.25, 0.3) is 0 Å². The van der Waals surface area contributed by atoms with Gasteiger partial charge in [-0.15, -0.1) is 11.3 Å². The van der Waals surface area contributed by atoms with Gasteiger partial charge in [-0.3, -0.25) is 4.98 Å². The van der Waals surface area contributed by atoms with Crippen LogP contribution in [-0.4, -0.2) is 22.0 Å². The Kier molecular flexibility index (Phi) is 2.90. The molecule has 0 bridgehead atoms. The number of aromatic nitrogens is 3. The summed E-state index contributed by atoms with van der Waals surface area (Å²) in [6.07, 6.45) is 4.22. The third kappa shape index (κ3) is 2.17. The van der Waals surface area contributed by atoms with Crippen LogP contribution in [0.5, 0.6) is 0 Å². The molecule has 1 N–H and O–H groups in total. The van der Waals surface area contributed by atoms with E-state index in [1.165, 1.54) is 4.70 Å². The second-order valence-corrected chi connectivity index (χ2v) is 5.01. The molecule has 0 saturated carbocycles. The van der Waals surface area contributed by atoms with Crippen molar-refractivity contribution in [1.29, 1.82) is 0 Å². The summed E-state index contributed by atoms with van der Waals surface area (Å²) in [6, 6.07) is 8.16. The van der Waals surface area contributed by atoms with Gasteiger partial charge in [0.2, 0.25) is 0 Å². The van der Waals surface area contributed by atoms with E-state index in [9.17, 15) is 0 Å². The first kappa shape index (κ1) is 11.1. The number of benzene rings is 1. The average molecular weight is 256 g/mol. The second kappa shape index (κ2) is 4.70. The van der Waals surface area contributed by atoms with Crippen molar-refractivity contribution in [3.8, 4) is 0 Å². The molecule has 0 radical (unpaired) electrons. The molecule has 1 aromatic carbocycles. The van der Waals surface area contributed by atoms with Gasteiger partial charge in [0, 0.05) is 19.7 Å². The van der Waals surface area contributed by atoms with Crippen molar-refractivity contribution in [2.75, 3.05) is 12.4 Å². The van der Waals surface area contributed by atoms with Crippen LogP contribution in [0.1, 0.15) is 10.7 Å². The third-order valence-electron chi connectivity index (χ3n) is 2.61. The molecular weight excluding hydrogens is 244 g/mol. The van der Waals surface area contributed by atoms with E-state index >= 15 is 0 Å². The lowest BCUT2D eigenvalue weighted by atomic mass is 10.3. The van der Waals surface area contributed by atoms with Crippen LogP contribution < -0.4 is 5.32 Å². The van der Waals surface area contributed by atoms with Crippen molar-refractivity contribution < 1.29 is 0 Å². The fraction of sp³-hybridized carbons (Fsp3) is 0.154. The van der Waals surface area contributed by atoms with Gasteiger partial charge >= 0.3 is 0 Å². The summed E-state index contributed by atoms with van der Waals surface area (Å²) >= 11 is 1.71. The standard InChI is InChI=1S/C13H12N4S/c1-14-12-8-15-7-9(16-12)6-13-17-10-4-2-3-5-11(10)18-13/h2-5,7-8H,6H2,1H3,(H,14,16). The molecule has 0 aliphatic carbocycles. The maximum Gasteiger partial charge on any atom is 0.144 e. The molecule has 0 unspecified atom stereocenters. The van der Waals surface area contributed by atoms with E-state index in [1.54, 1.807) is 23.7 Å². The van der Waals surface area contributed by atoms with Crippen molar-refractivity contribution in [2.45, 2.75) is 6.42 Å². The van der Waals surface area contributed by atoms with Crippen LogP contribution in [0.25, 0.3) is 10.2 Å². The fourth-order valence-corrected chi connectivity index (χ4v) is 2.75. The lowest BCUT2D eigenvalue weighted by Gasteiger charge is -2.00. The van der Waals surface area contributed by atoms with Crippen LogP contribution in [0.3, 0.4) is 0 Å². The lowest BCUT2D eigenvalue weighted by molar-refractivity contribution is 1.02. The van der Waals surface area contributed by atoms with Gasteiger partial charge in [0.15, 0.2) is 0 Å². The topological polar surface area (TPSA) is 50.7 Å². The number of thiazole rings is 1. The summed E-state index contributed by atoms with van der Waals surface area (Å²) in [5, 5.41) is 4.06. The molecule has 0 aliphatic heterocycles. The van der Waals surface area contributed by atoms with Crippen LogP contribution >= 0.6 is 11.3 Å². The Labute approximate surface area is 109 Å². The first-order valence-electron chi connectivity index (χ1n) is 5.68. The molecule has 5 heteroatoms. The van der Waals surface area contributed by atoms with Crippen LogP contribution in [0.2, 0.25) is 0 Å². The van der Waals surface area contributed by atoms with Crippen LogP contribution in [0.4, 0.5) is 5.82 Å². The monoisotopic (exact) mass is 256 g/mol. The molecule has 18 heavy (non-hydrogen) atoms. The number of anilines is 1. The minimum absolute atomic E-state index is 0.724. The van der Waals surface area contributed by atoms with E-state index in [1.807, 2.05) is 25.2 Å². The maximum atomic E-state index is 4.59. The minimum Gasteiger partial charge on any atom is -0.372 e. The zero-order chi connectivity index (χ0) is 12.4. The highest BCUT2D eigenvalue weighted by Crippen LogP contribution is 2.23. The molecular formula is C13H12N4S. The molecule has 0 spiro atoms. The van der Waals surface area contributed by atoms with E-state index < -0.39 is 0 Å². The van der Waals surface area contributed by atoms with Crippen molar-refractivity contribution >= 4 is 27.4 Å². The fourth-order valence-electron chi connectivity index (χ4n) is 1.76.